The summed E-state index contributed by atoms with van der Waals surface area (Å²) in [6.07, 6.45) is -3.30. The summed E-state index contributed by atoms with van der Waals surface area (Å²) >= 11 is 0. The highest BCUT2D eigenvalue weighted by molar-refractivity contribution is 6.16. The fourth-order valence-corrected chi connectivity index (χ4v) is 4.43. The van der Waals surface area contributed by atoms with Crippen molar-refractivity contribution in [3.8, 4) is 11.8 Å². The lowest BCUT2D eigenvalue weighted by atomic mass is 10.0. The number of alkyl halides is 3. The zero-order valence-corrected chi connectivity index (χ0v) is 23.0. The van der Waals surface area contributed by atoms with Crippen molar-refractivity contribution in [1.29, 1.82) is 5.41 Å². The Labute approximate surface area is 236 Å². The Bertz CT molecular complexity index is 1520. The molecule has 214 valence electrons. The summed E-state index contributed by atoms with van der Waals surface area (Å²) in [5.74, 6) is 5.47. The number of nitrogens with two attached hydrogens (primary N) is 1. The molecule has 0 bridgehead atoms. The lowest BCUT2D eigenvalue weighted by molar-refractivity contribution is -0.138. The number of benzene rings is 2. The van der Waals surface area contributed by atoms with Crippen molar-refractivity contribution in [3.63, 3.8) is 0 Å². The number of nitrogens with one attached hydrogen (secondary N) is 3. The van der Waals surface area contributed by atoms with E-state index in [0.29, 0.717) is 24.5 Å². The van der Waals surface area contributed by atoms with E-state index in [-0.39, 0.29) is 40.5 Å². The van der Waals surface area contributed by atoms with Crippen molar-refractivity contribution < 1.29 is 18.0 Å². The van der Waals surface area contributed by atoms with E-state index in [4.69, 9.17) is 11.1 Å². The number of anilines is 3. The first-order valence-electron chi connectivity index (χ1n) is 12.9. The maximum atomic E-state index is 14.0. The van der Waals surface area contributed by atoms with Crippen LogP contribution in [-0.4, -0.2) is 71.7 Å². The second-order valence-electron chi connectivity index (χ2n) is 9.79. The van der Waals surface area contributed by atoms with Crippen molar-refractivity contribution in [2.75, 3.05) is 56.6 Å². The van der Waals surface area contributed by atoms with Gasteiger partial charge in [0, 0.05) is 56.6 Å². The summed E-state index contributed by atoms with van der Waals surface area (Å²) in [4.78, 5) is 25.1. The van der Waals surface area contributed by atoms with E-state index in [1.807, 2.05) is 11.9 Å². The van der Waals surface area contributed by atoms with E-state index in [1.165, 1.54) is 24.5 Å². The Kier molecular flexibility index (Phi) is 8.90. The predicted octanol–water partition coefficient (Wildman–Crippen LogP) is 3.85. The standard InChI is InChI=1S/C29H31F3N8O/c1-18-4-5-20(14-19(18)7-9-24(33)25-26(34)36-17-37-27(25)35-2)28(41)38-22-8-6-21(23(15-22)29(30,31)32)16-40-12-10-39(3)11-13-40/h4-6,8,14-15,17,33H,10-13,16H2,1-3H3,(H,38,41)(H3,34,35,36,37). The molecule has 0 saturated carbocycles. The smallest absolute Gasteiger partial charge is 0.383 e. The maximum Gasteiger partial charge on any atom is 0.416 e. The number of rotatable bonds is 6. The molecule has 0 atom stereocenters. The Morgan fingerprint density at radius 1 is 1.12 bits per heavy atom. The summed E-state index contributed by atoms with van der Waals surface area (Å²) in [5, 5.41) is 13.8. The van der Waals surface area contributed by atoms with Crippen LogP contribution in [0.25, 0.3) is 0 Å². The lowest BCUT2D eigenvalue weighted by Gasteiger charge is -2.33. The minimum atomic E-state index is -4.57. The van der Waals surface area contributed by atoms with Crippen LogP contribution in [0.5, 0.6) is 0 Å². The number of halogens is 3. The Morgan fingerprint density at radius 2 is 1.85 bits per heavy atom. The molecule has 1 fully saturated rings. The van der Waals surface area contributed by atoms with Gasteiger partial charge in [-0.15, -0.1) is 0 Å². The molecule has 1 aliphatic heterocycles. The van der Waals surface area contributed by atoms with Crippen LogP contribution in [0.3, 0.4) is 0 Å². The largest absolute Gasteiger partial charge is 0.416 e. The first-order chi connectivity index (χ1) is 19.5. The molecule has 0 radical (unpaired) electrons. The average Bonchev–Trinajstić information content (AvgIpc) is 2.93. The third kappa shape index (κ3) is 7.19. The molecule has 3 aromatic rings. The van der Waals surface area contributed by atoms with Crippen LogP contribution < -0.4 is 16.4 Å². The third-order valence-electron chi connectivity index (χ3n) is 6.85. The van der Waals surface area contributed by atoms with Gasteiger partial charge in [-0.25, -0.2) is 9.97 Å². The van der Waals surface area contributed by atoms with Gasteiger partial charge in [-0.1, -0.05) is 18.1 Å². The molecule has 12 heteroatoms. The summed E-state index contributed by atoms with van der Waals surface area (Å²) in [6, 6.07) is 8.66. The van der Waals surface area contributed by atoms with Gasteiger partial charge in [0.05, 0.1) is 11.1 Å². The highest BCUT2D eigenvalue weighted by atomic mass is 19.4. The minimum absolute atomic E-state index is 0.0404. The minimum Gasteiger partial charge on any atom is -0.383 e. The second kappa shape index (κ2) is 12.4. The van der Waals surface area contributed by atoms with Crippen LogP contribution in [0, 0.1) is 24.2 Å². The summed E-state index contributed by atoms with van der Waals surface area (Å²) in [6.45, 7) is 4.95. The lowest BCUT2D eigenvalue weighted by Crippen LogP contribution is -2.44. The van der Waals surface area contributed by atoms with Crippen molar-refractivity contribution in [1.82, 2.24) is 19.8 Å². The number of aromatic nitrogens is 2. The van der Waals surface area contributed by atoms with E-state index < -0.39 is 17.6 Å². The number of nitrogens with zero attached hydrogens (tertiary/aromatic N) is 4. The molecular weight excluding hydrogens is 533 g/mol. The van der Waals surface area contributed by atoms with Crippen molar-refractivity contribution in [2.24, 2.45) is 0 Å². The van der Waals surface area contributed by atoms with Gasteiger partial charge in [0.1, 0.15) is 23.7 Å². The molecular formula is C29H31F3N8O. The van der Waals surface area contributed by atoms with E-state index >= 15 is 0 Å². The quantitative estimate of drug-likeness (QED) is 0.265. The van der Waals surface area contributed by atoms with Gasteiger partial charge in [0.15, 0.2) is 0 Å². The highest BCUT2D eigenvalue weighted by Gasteiger charge is 2.34. The molecule has 1 aromatic heterocycles. The number of carbonyl (C=O) groups is 1. The highest BCUT2D eigenvalue weighted by Crippen LogP contribution is 2.34. The summed E-state index contributed by atoms with van der Waals surface area (Å²) in [5.41, 5.74) is 6.92. The van der Waals surface area contributed by atoms with Crippen molar-refractivity contribution >= 4 is 28.9 Å². The Hall–Kier alpha value is -4.47. The van der Waals surface area contributed by atoms with E-state index in [9.17, 15) is 18.0 Å². The SMILES string of the molecule is CNc1ncnc(N)c1C(=N)C#Cc1cc(C(=O)Nc2ccc(CN3CCN(C)CC3)c(C(F)(F)F)c2)ccc1C. The van der Waals surface area contributed by atoms with Crippen molar-refractivity contribution in [2.45, 2.75) is 19.6 Å². The zero-order chi connectivity index (χ0) is 29.7. The monoisotopic (exact) mass is 564 g/mol. The van der Waals surface area contributed by atoms with Gasteiger partial charge in [-0.3, -0.25) is 15.1 Å². The molecule has 1 amide bonds. The predicted molar refractivity (Wildman–Crippen MR) is 153 cm³/mol. The Morgan fingerprint density at radius 3 is 2.54 bits per heavy atom. The van der Waals surface area contributed by atoms with Gasteiger partial charge < -0.3 is 21.3 Å². The number of piperazine rings is 1. The molecule has 0 unspecified atom stereocenters. The molecule has 41 heavy (non-hydrogen) atoms. The van der Waals surface area contributed by atoms with E-state index in [0.717, 1.165) is 24.7 Å². The van der Waals surface area contributed by atoms with Gasteiger partial charge in [0.2, 0.25) is 0 Å². The molecule has 5 N–H and O–H groups in total. The number of carbonyl (C=O) groups excluding carboxylic acids is 1. The van der Waals surface area contributed by atoms with E-state index in [1.54, 1.807) is 26.1 Å². The van der Waals surface area contributed by atoms with Crippen LogP contribution in [0.2, 0.25) is 0 Å². The fourth-order valence-electron chi connectivity index (χ4n) is 4.43. The van der Waals surface area contributed by atoms with Crippen LogP contribution >= 0.6 is 0 Å². The van der Waals surface area contributed by atoms with Crippen LogP contribution in [-0.2, 0) is 12.7 Å². The van der Waals surface area contributed by atoms with Crippen LogP contribution in [0.15, 0.2) is 42.7 Å². The van der Waals surface area contributed by atoms with E-state index in [2.05, 4.69) is 37.3 Å². The molecule has 0 aliphatic carbocycles. The molecule has 2 heterocycles. The number of nitrogen functional groups attached to an aromatic ring is 1. The molecule has 4 rings (SSSR count). The first kappa shape index (κ1) is 29.5. The number of hydrogen-bond donors (Lipinski definition) is 4. The maximum absolute atomic E-state index is 14.0. The number of hydrogen-bond acceptors (Lipinski definition) is 8. The number of aryl methyl sites for hydroxylation is 1. The normalized spacial score (nSPS) is 14.2. The zero-order valence-electron chi connectivity index (χ0n) is 23.0. The van der Waals surface area contributed by atoms with Crippen molar-refractivity contribution in [3.05, 3.63) is 76.1 Å². The number of likely N-dealkylation sites (N-methyl/N-ethyl adjacent to an activating group) is 1. The first-order valence-corrected chi connectivity index (χ1v) is 12.9. The Balaban J connectivity index is 1.54. The molecule has 9 nitrogen and oxygen atoms in total. The van der Waals surface area contributed by atoms with Crippen LogP contribution in [0.1, 0.15) is 38.2 Å². The van der Waals surface area contributed by atoms with Gasteiger partial charge in [-0.05, 0) is 55.3 Å². The summed E-state index contributed by atoms with van der Waals surface area (Å²) in [7, 11) is 3.62. The van der Waals surface area contributed by atoms with Gasteiger partial charge in [-0.2, -0.15) is 13.2 Å². The topological polar surface area (TPSA) is 123 Å². The average molecular weight is 565 g/mol. The molecule has 0 spiro atoms. The molecule has 1 aliphatic rings. The fraction of sp³-hybridized carbons (Fsp3) is 0.310. The third-order valence-corrected chi connectivity index (χ3v) is 6.85. The van der Waals surface area contributed by atoms with Gasteiger partial charge >= 0.3 is 6.18 Å². The van der Waals surface area contributed by atoms with Gasteiger partial charge in [0.25, 0.3) is 5.91 Å². The summed E-state index contributed by atoms with van der Waals surface area (Å²) < 4.78 is 41.9. The molecule has 2 aromatic carbocycles. The second-order valence-corrected chi connectivity index (χ2v) is 9.79. The number of amides is 1. The van der Waals surface area contributed by atoms with Crippen LogP contribution in [0.4, 0.5) is 30.5 Å². The molecule has 1 saturated heterocycles.